The molecule has 0 heterocycles. The molecule has 0 aliphatic carbocycles. The summed E-state index contributed by atoms with van der Waals surface area (Å²) in [4.78, 5) is 54.4. The van der Waals surface area contributed by atoms with Crippen LogP contribution >= 0.6 is 0 Å². The Kier molecular flexibility index (Phi) is 7.82. The standard InChI is InChI=1S/C10H15N3O10/c14-6(15)5-11(1-3-12(7(16)17)8(18)19)2-4-13(9(20)21)10(22)23/h1-5H2,(H,14,15)(H,16,17)(H,18,19)(H,20,21)(H,22,23). The van der Waals surface area contributed by atoms with E-state index in [0.29, 0.717) is 0 Å². The molecule has 0 atom stereocenters. The number of nitrogens with zero attached hydrogens (tertiary/aromatic N) is 3. The number of carbonyl (C=O) groups is 5. The molecule has 23 heavy (non-hydrogen) atoms. The number of carboxylic acid groups (broad SMARTS) is 5. The third-order valence-corrected chi connectivity index (χ3v) is 2.56. The summed E-state index contributed by atoms with van der Waals surface area (Å²) in [6.45, 7) is -2.52. The summed E-state index contributed by atoms with van der Waals surface area (Å²) in [5.41, 5.74) is 0. The van der Waals surface area contributed by atoms with Crippen LogP contribution in [0.25, 0.3) is 0 Å². The average molecular weight is 337 g/mol. The second-order valence-electron chi connectivity index (χ2n) is 4.10. The van der Waals surface area contributed by atoms with Crippen LogP contribution in [-0.2, 0) is 4.79 Å². The first-order valence-corrected chi connectivity index (χ1v) is 5.97. The van der Waals surface area contributed by atoms with E-state index in [4.69, 9.17) is 25.5 Å². The molecule has 0 aromatic heterocycles. The zero-order valence-electron chi connectivity index (χ0n) is 11.7. The Morgan fingerprint density at radius 2 is 0.870 bits per heavy atom. The van der Waals surface area contributed by atoms with Gasteiger partial charge in [-0.05, 0) is 0 Å². The Balaban J connectivity index is 4.78. The molecule has 0 unspecified atom stereocenters. The van der Waals surface area contributed by atoms with Crippen molar-refractivity contribution in [3.63, 3.8) is 0 Å². The maximum Gasteiger partial charge on any atom is 0.416 e. The van der Waals surface area contributed by atoms with Crippen LogP contribution in [0, 0.1) is 0 Å². The molecular weight excluding hydrogens is 322 g/mol. The van der Waals surface area contributed by atoms with Crippen molar-refractivity contribution in [3.05, 3.63) is 0 Å². The monoisotopic (exact) mass is 337 g/mol. The first-order chi connectivity index (χ1) is 10.6. The molecule has 0 saturated heterocycles. The van der Waals surface area contributed by atoms with Crippen LogP contribution in [0.3, 0.4) is 0 Å². The smallest absolute Gasteiger partial charge is 0.416 e. The van der Waals surface area contributed by atoms with Crippen LogP contribution in [0.2, 0.25) is 0 Å². The van der Waals surface area contributed by atoms with E-state index in [-0.39, 0.29) is 22.9 Å². The van der Waals surface area contributed by atoms with Gasteiger partial charge in [-0.3, -0.25) is 9.69 Å². The van der Waals surface area contributed by atoms with E-state index in [2.05, 4.69) is 0 Å². The SMILES string of the molecule is O=C(O)CN(CCN(C(=O)O)C(=O)O)CCN(C(=O)O)C(=O)O. The van der Waals surface area contributed by atoms with Gasteiger partial charge in [-0.2, -0.15) is 0 Å². The molecular formula is C10H15N3O10. The third-order valence-electron chi connectivity index (χ3n) is 2.56. The molecule has 0 saturated carbocycles. The van der Waals surface area contributed by atoms with Gasteiger partial charge in [-0.1, -0.05) is 0 Å². The molecule has 5 N–H and O–H groups in total. The van der Waals surface area contributed by atoms with Crippen molar-refractivity contribution in [2.45, 2.75) is 0 Å². The number of hydrogen-bond acceptors (Lipinski definition) is 6. The lowest BCUT2D eigenvalue weighted by Gasteiger charge is -2.24. The van der Waals surface area contributed by atoms with Gasteiger partial charge < -0.3 is 25.5 Å². The Bertz CT molecular complexity index is 429. The van der Waals surface area contributed by atoms with E-state index in [9.17, 15) is 24.0 Å². The Morgan fingerprint density at radius 1 is 0.565 bits per heavy atom. The molecule has 0 aliphatic heterocycles. The normalized spacial score (nSPS) is 10.1. The molecule has 13 nitrogen and oxygen atoms in total. The highest BCUT2D eigenvalue weighted by molar-refractivity contribution is 5.86. The van der Waals surface area contributed by atoms with Crippen LogP contribution < -0.4 is 0 Å². The summed E-state index contributed by atoms with van der Waals surface area (Å²) >= 11 is 0. The topological polar surface area (TPSA) is 196 Å². The summed E-state index contributed by atoms with van der Waals surface area (Å²) in [5, 5.41) is 43.3. The predicted octanol–water partition coefficient (Wildman–Crippen LogP) is -0.311. The van der Waals surface area contributed by atoms with Gasteiger partial charge in [0.25, 0.3) is 0 Å². The van der Waals surface area contributed by atoms with Crippen molar-refractivity contribution in [2.75, 3.05) is 32.7 Å². The highest BCUT2D eigenvalue weighted by Crippen LogP contribution is 1.98. The number of imide groups is 2. The van der Waals surface area contributed by atoms with Crippen molar-refractivity contribution in [2.24, 2.45) is 0 Å². The van der Waals surface area contributed by atoms with Crippen molar-refractivity contribution in [1.29, 1.82) is 0 Å². The van der Waals surface area contributed by atoms with Crippen molar-refractivity contribution >= 4 is 30.3 Å². The molecule has 4 amide bonds. The zero-order valence-corrected chi connectivity index (χ0v) is 11.7. The van der Waals surface area contributed by atoms with E-state index >= 15 is 0 Å². The lowest BCUT2D eigenvalue weighted by Crippen LogP contribution is -2.46. The van der Waals surface area contributed by atoms with E-state index in [1.807, 2.05) is 0 Å². The molecule has 0 fully saturated rings. The van der Waals surface area contributed by atoms with E-state index < -0.39 is 50.0 Å². The van der Waals surface area contributed by atoms with Gasteiger partial charge in [0, 0.05) is 26.2 Å². The van der Waals surface area contributed by atoms with Crippen molar-refractivity contribution < 1.29 is 49.5 Å². The van der Waals surface area contributed by atoms with Gasteiger partial charge in [0.15, 0.2) is 0 Å². The van der Waals surface area contributed by atoms with Gasteiger partial charge >= 0.3 is 30.3 Å². The maximum atomic E-state index is 10.7. The molecule has 0 aliphatic rings. The molecule has 13 heteroatoms. The lowest BCUT2D eigenvalue weighted by atomic mass is 10.4. The molecule has 0 aromatic rings. The minimum absolute atomic E-state index is 0.0149. The van der Waals surface area contributed by atoms with Crippen molar-refractivity contribution in [1.82, 2.24) is 14.7 Å². The Hall–Kier alpha value is -3.09. The molecule has 0 radical (unpaired) electrons. The van der Waals surface area contributed by atoms with Crippen LogP contribution in [-0.4, -0.2) is 103 Å². The maximum absolute atomic E-state index is 10.7. The minimum atomic E-state index is -1.76. The van der Waals surface area contributed by atoms with Crippen LogP contribution in [0.1, 0.15) is 0 Å². The van der Waals surface area contributed by atoms with Crippen molar-refractivity contribution in [3.8, 4) is 0 Å². The summed E-state index contributed by atoms with van der Waals surface area (Å²) < 4.78 is 0. The number of aliphatic carboxylic acids is 1. The predicted molar refractivity (Wildman–Crippen MR) is 69.6 cm³/mol. The van der Waals surface area contributed by atoms with Gasteiger partial charge in [0.1, 0.15) is 0 Å². The first kappa shape index (κ1) is 19.9. The fourth-order valence-electron chi connectivity index (χ4n) is 1.49. The first-order valence-electron chi connectivity index (χ1n) is 5.97. The highest BCUT2D eigenvalue weighted by atomic mass is 16.4. The van der Waals surface area contributed by atoms with Gasteiger partial charge in [0.05, 0.1) is 6.54 Å². The van der Waals surface area contributed by atoms with E-state index in [1.54, 1.807) is 0 Å². The number of hydrogen-bond donors (Lipinski definition) is 5. The second kappa shape index (κ2) is 9.04. The fourth-order valence-corrected chi connectivity index (χ4v) is 1.49. The summed E-state index contributed by atoms with van der Waals surface area (Å²) in [6.07, 6.45) is -7.04. The van der Waals surface area contributed by atoms with Crippen LogP contribution in [0.4, 0.5) is 19.2 Å². The molecule has 130 valence electrons. The highest BCUT2D eigenvalue weighted by Gasteiger charge is 2.24. The molecule has 0 spiro atoms. The summed E-state index contributed by atoms with van der Waals surface area (Å²) in [6, 6.07) is 0. The summed E-state index contributed by atoms with van der Waals surface area (Å²) in [5.74, 6) is -1.33. The van der Waals surface area contributed by atoms with Crippen LogP contribution in [0.15, 0.2) is 0 Å². The van der Waals surface area contributed by atoms with E-state index in [0.717, 1.165) is 4.90 Å². The second-order valence-corrected chi connectivity index (χ2v) is 4.10. The Morgan fingerprint density at radius 3 is 1.09 bits per heavy atom. The van der Waals surface area contributed by atoms with Gasteiger partial charge in [-0.15, -0.1) is 0 Å². The Labute approximate surface area is 128 Å². The van der Waals surface area contributed by atoms with Gasteiger partial charge in [-0.25, -0.2) is 29.0 Å². The summed E-state index contributed by atoms with van der Waals surface area (Å²) in [7, 11) is 0. The van der Waals surface area contributed by atoms with Crippen LogP contribution in [0.5, 0.6) is 0 Å². The molecule has 0 rings (SSSR count). The zero-order chi connectivity index (χ0) is 18.2. The fraction of sp³-hybridized carbons (Fsp3) is 0.500. The molecule has 0 aromatic carbocycles. The molecule has 0 bridgehead atoms. The number of carboxylic acids is 1. The number of rotatable bonds is 8. The number of amides is 4. The van der Waals surface area contributed by atoms with E-state index in [1.165, 1.54) is 0 Å². The lowest BCUT2D eigenvalue weighted by molar-refractivity contribution is -0.138. The largest absolute Gasteiger partial charge is 0.480 e. The quantitative estimate of drug-likeness (QED) is 0.389. The van der Waals surface area contributed by atoms with Gasteiger partial charge in [0.2, 0.25) is 0 Å². The third kappa shape index (κ3) is 7.47. The minimum Gasteiger partial charge on any atom is -0.480 e. The average Bonchev–Trinajstić information content (AvgIpc) is 2.36.